The third kappa shape index (κ3) is 4.67. The minimum absolute atomic E-state index is 0.247. The van der Waals surface area contributed by atoms with Crippen LogP contribution in [-0.4, -0.2) is 15.8 Å². The van der Waals surface area contributed by atoms with Gasteiger partial charge in [-0.05, 0) is 47.9 Å². The van der Waals surface area contributed by atoms with Gasteiger partial charge in [0.25, 0.3) is 0 Å². The number of amides is 2. The Balaban J connectivity index is 1.51. The third-order valence-corrected chi connectivity index (χ3v) is 3.79. The molecule has 0 aliphatic rings. The summed E-state index contributed by atoms with van der Waals surface area (Å²) in [7, 11) is 0. The lowest BCUT2D eigenvalue weighted by Crippen LogP contribution is -2.28. The van der Waals surface area contributed by atoms with Gasteiger partial charge in [-0.25, -0.2) is 9.18 Å². The van der Waals surface area contributed by atoms with Crippen molar-refractivity contribution >= 4 is 11.7 Å². The number of hydrogen-bond donors (Lipinski definition) is 2. The second-order valence-corrected chi connectivity index (χ2v) is 5.79. The summed E-state index contributed by atoms with van der Waals surface area (Å²) in [6.45, 7) is 2.72. The van der Waals surface area contributed by atoms with Crippen LogP contribution in [0.2, 0.25) is 0 Å². The molecule has 3 rings (SSSR count). The fourth-order valence-corrected chi connectivity index (χ4v) is 2.45. The van der Waals surface area contributed by atoms with E-state index in [0.29, 0.717) is 24.3 Å². The molecule has 0 atom stereocenters. The lowest BCUT2D eigenvalue weighted by atomic mass is 10.1. The van der Waals surface area contributed by atoms with E-state index in [0.717, 1.165) is 11.1 Å². The fourth-order valence-electron chi connectivity index (χ4n) is 2.45. The summed E-state index contributed by atoms with van der Waals surface area (Å²) in [6, 6.07) is 13.9. The molecule has 0 unspecified atom stereocenters. The highest BCUT2D eigenvalue weighted by Gasteiger charge is 2.04. The Kier molecular flexibility index (Phi) is 5.09. The number of aromatic nitrogens is 2. The average molecular weight is 338 g/mol. The quantitative estimate of drug-likeness (QED) is 0.745. The van der Waals surface area contributed by atoms with Crippen LogP contribution in [0.3, 0.4) is 0 Å². The predicted molar refractivity (Wildman–Crippen MR) is 94.8 cm³/mol. The Morgan fingerprint density at radius 2 is 1.92 bits per heavy atom. The summed E-state index contributed by atoms with van der Waals surface area (Å²) < 4.78 is 15.1. The van der Waals surface area contributed by atoms with Crippen LogP contribution in [0.4, 0.5) is 14.9 Å². The highest BCUT2D eigenvalue weighted by Crippen LogP contribution is 2.11. The van der Waals surface area contributed by atoms with Crippen molar-refractivity contribution in [3.63, 3.8) is 0 Å². The Labute approximate surface area is 145 Å². The molecule has 0 radical (unpaired) electrons. The summed E-state index contributed by atoms with van der Waals surface area (Å²) in [4.78, 5) is 12.0. The fraction of sp³-hybridized carbons (Fsp3) is 0.158. The average Bonchev–Trinajstić information content (AvgIpc) is 3.11. The zero-order valence-electron chi connectivity index (χ0n) is 13.9. The van der Waals surface area contributed by atoms with Crippen LogP contribution in [-0.2, 0) is 13.1 Å². The van der Waals surface area contributed by atoms with Crippen molar-refractivity contribution in [3.8, 4) is 0 Å². The number of carbonyl (C=O) groups excluding carboxylic acids is 1. The second-order valence-electron chi connectivity index (χ2n) is 5.79. The molecule has 1 heterocycles. The minimum Gasteiger partial charge on any atom is -0.334 e. The van der Waals surface area contributed by atoms with Gasteiger partial charge >= 0.3 is 6.03 Å². The first-order valence-corrected chi connectivity index (χ1v) is 7.96. The van der Waals surface area contributed by atoms with Gasteiger partial charge in [-0.1, -0.05) is 24.3 Å². The van der Waals surface area contributed by atoms with E-state index in [1.54, 1.807) is 25.3 Å². The third-order valence-electron chi connectivity index (χ3n) is 3.79. The van der Waals surface area contributed by atoms with E-state index in [9.17, 15) is 9.18 Å². The maximum atomic E-state index is 13.2. The van der Waals surface area contributed by atoms with Crippen LogP contribution >= 0.6 is 0 Å². The maximum absolute atomic E-state index is 13.2. The van der Waals surface area contributed by atoms with Crippen LogP contribution in [0.15, 0.2) is 60.9 Å². The largest absolute Gasteiger partial charge is 0.334 e. The first-order chi connectivity index (χ1) is 12.1. The van der Waals surface area contributed by atoms with Crippen molar-refractivity contribution < 1.29 is 9.18 Å². The van der Waals surface area contributed by atoms with Gasteiger partial charge in [0, 0.05) is 24.6 Å². The molecule has 5 nitrogen and oxygen atoms in total. The Morgan fingerprint density at radius 1 is 1.16 bits per heavy atom. The molecule has 6 heteroatoms. The smallest absolute Gasteiger partial charge is 0.319 e. The molecule has 0 fully saturated rings. The zero-order valence-corrected chi connectivity index (χ0v) is 13.9. The zero-order chi connectivity index (χ0) is 17.6. The maximum Gasteiger partial charge on any atom is 0.319 e. The van der Waals surface area contributed by atoms with E-state index in [2.05, 4.69) is 15.7 Å². The number of halogens is 1. The number of hydrogen-bond acceptors (Lipinski definition) is 2. The lowest BCUT2D eigenvalue weighted by molar-refractivity contribution is 0.251. The highest BCUT2D eigenvalue weighted by atomic mass is 19.1. The second kappa shape index (κ2) is 7.61. The van der Waals surface area contributed by atoms with E-state index in [1.807, 2.05) is 41.2 Å². The molecule has 2 aromatic carbocycles. The van der Waals surface area contributed by atoms with Crippen LogP contribution in [0.5, 0.6) is 0 Å². The molecule has 1 aromatic heterocycles. The minimum atomic E-state index is -0.304. The molecule has 25 heavy (non-hydrogen) atoms. The van der Waals surface area contributed by atoms with Gasteiger partial charge in [0.15, 0.2) is 0 Å². The standard InChI is InChI=1S/C19H19FN4O/c1-14-11-16(5-8-18(14)20)12-21-19(25)23-17-6-3-15(4-7-17)13-24-10-2-9-22-24/h2-11H,12-13H2,1H3,(H2,21,23,25). The first-order valence-electron chi connectivity index (χ1n) is 7.96. The summed E-state index contributed by atoms with van der Waals surface area (Å²) in [5.74, 6) is -0.247. The van der Waals surface area contributed by atoms with Crippen molar-refractivity contribution in [1.82, 2.24) is 15.1 Å². The van der Waals surface area contributed by atoms with Gasteiger partial charge in [-0.3, -0.25) is 4.68 Å². The summed E-state index contributed by atoms with van der Waals surface area (Å²) in [6.07, 6.45) is 3.64. The van der Waals surface area contributed by atoms with Crippen molar-refractivity contribution in [2.24, 2.45) is 0 Å². The van der Waals surface area contributed by atoms with Crippen LogP contribution in [0, 0.1) is 12.7 Å². The number of carbonyl (C=O) groups is 1. The van der Waals surface area contributed by atoms with E-state index in [-0.39, 0.29) is 11.8 Å². The van der Waals surface area contributed by atoms with Crippen molar-refractivity contribution in [2.75, 3.05) is 5.32 Å². The van der Waals surface area contributed by atoms with E-state index < -0.39 is 0 Å². The number of nitrogens with one attached hydrogen (secondary N) is 2. The van der Waals surface area contributed by atoms with E-state index in [1.165, 1.54) is 6.07 Å². The molecule has 0 aliphatic heterocycles. The number of benzene rings is 2. The summed E-state index contributed by atoms with van der Waals surface area (Å²) in [5, 5.41) is 9.70. The molecular weight excluding hydrogens is 319 g/mol. The van der Waals surface area contributed by atoms with Crippen LogP contribution in [0.25, 0.3) is 0 Å². The monoisotopic (exact) mass is 338 g/mol. The molecule has 3 aromatic rings. The van der Waals surface area contributed by atoms with Gasteiger partial charge in [0.2, 0.25) is 0 Å². The van der Waals surface area contributed by atoms with E-state index in [4.69, 9.17) is 0 Å². The Hall–Kier alpha value is -3.15. The van der Waals surface area contributed by atoms with Gasteiger partial charge in [0.1, 0.15) is 5.82 Å². The molecule has 128 valence electrons. The summed E-state index contributed by atoms with van der Waals surface area (Å²) in [5.41, 5.74) is 3.21. The molecule has 0 spiro atoms. The molecule has 2 N–H and O–H groups in total. The lowest BCUT2D eigenvalue weighted by Gasteiger charge is -2.09. The van der Waals surface area contributed by atoms with Crippen molar-refractivity contribution in [2.45, 2.75) is 20.0 Å². The summed E-state index contributed by atoms with van der Waals surface area (Å²) >= 11 is 0. The van der Waals surface area contributed by atoms with Crippen LogP contribution < -0.4 is 10.6 Å². The number of rotatable bonds is 5. The van der Waals surface area contributed by atoms with Crippen LogP contribution in [0.1, 0.15) is 16.7 Å². The predicted octanol–water partition coefficient (Wildman–Crippen LogP) is 3.70. The topological polar surface area (TPSA) is 59.0 Å². The molecular formula is C19H19FN4O. The Morgan fingerprint density at radius 3 is 2.60 bits per heavy atom. The molecule has 0 saturated heterocycles. The molecule has 0 saturated carbocycles. The number of anilines is 1. The number of nitrogens with zero attached hydrogens (tertiary/aromatic N) is 2. The normalized spacial score (nSPS) is 10.5. The van der Waals surface area contributed by atoms with Gasteiger partial charge < -0.3 is 10.6 Å². The highest BCUT2D eigenvalue weighted by molar-refractivity contribution is 5.89. The molecule has 0 aliphatic carbocycles. The van der Waals surface area contributed by atoms with Crippen molar-refractivity contribution in [3.05, 3.63) is 83.4 Å². The van der Waals surface area contributed by atoms with Gasteiger partial charge in [-0.15, -0.1) is 0 Å². The van der Waals surface area contributed by atoms with Gasteiger partial charge in [-0.2, -0.15) is 5.10 Å². The first kappa shape index (κ1) is 16.7. The van der Waals surface area contributed by atoms with E-state index >= 15 is 0 Å². The van der Waals surface area contributed by atoms with Crippen molar-refractivity contribution in [1.29, 1.82) is 0 Å². The molecule has 2 amide bonds. The van der Waals surface area contributed by atoms with Gasteiger partial charge in [0.05, 0.1) is 6.54 Å². The number of urea groups is 1. The Bertz CT molecular complexity index is 844. The molecule has 0 bridgehead atoms. The number of aryl methyl sites for hydroxylation is 1. The SMILES string of the molecule is Cc1cc(CNC(=O)Nc2ccc(Cn3cccn3)cc2)ccc1F.